The van der Waals surface area contributed by atoms with E-state index in [9.17, 15) is 9.90 Å². The van der Waals surface area contributed by atoms with Crippen molar-refractivity contribution in [1.82, 2.24) is 5.32 Å². The molecule has 2 N–H and O–H groups in total. The zero-order valence-electron chi connectivity index (χ0n) is 11.0. The SMILES string of the molecule is O=C(CCc1ccccc1O)NCc1ccc(Cl)cc1. The van der Waals surface area contributed by atoms with Crippen LogP contribution in [-0.4, -0.2) is 11.0 Å². The van der Waals surface area contributed by atoms with Crippen molar-refractivity contribution in [2.24, 2.45) is 0 Å². The Balaban J connectivity index is 1.78. The van der Waals surface area contributed by atoms with Crippen molar-refractivity contribution in [3.05, 3.63) is 64.7 Å². The highest BCUT2D eigenvalue weighted by Gasteiger charge is 2.05. The van der Waals surface area contributed by atoms with Gasteiger partial charge in [-0.1, -0.05) is 41.9 Å². The molecule has 0 heterocycles. The number of phenolic OH excluding ortho intramolecular Hbond substituents is 1. The van der Waals surface area contributed by atoms with Gasteiger partial charge in [0.1, 0.15) is 5.75 Å². The molecule has 2 rings (SSSR count). The van der Waals surface area contributed by atoms with Gasteiger partial charge in [0.25, 0.3) is 0 Å². The third kappa shape index (κ3) is 4.28. The predicted octanol–water partition coefficient (Wildman–Crippen LogP) is 3.29. The molecule has 0 bridgehead atoms. The molecule has 0 saturated carbocycles. The second-order valence-corrected chi connectivity index (χ2v) is 4.97. The lowest BCUT2D eigenvalue weighted by atomic mass is 10.1. The lowest BCUT2D eigenvalue weighted by Gasteiger charge is -2.06. The highest BCUT2D eigenvalue weighted by atomic mass is 35.5. The molecule has 0 aromatic heterocycles. The Kier molecular flexibility index (Phi) is 5.02. The number of carbonyl (C=O) groups excluding carboxylic acids is 1. The molecule has 20 heavy (non-hydrogen) atoms. The summed E-state index contributed by atoms with van der Waals surface area (Å²) in [4.78, 5) is 11.7. The molecule has 0 spiro atoms. The van der Waals surface area contributed by atoms with E-state index in [1.807, 2.05) is 24.3 Å². The molecule has 4 heteroatoms. The summed E-state index contributed by atoms with van der Waals surface area (Å²) < 4.78 is 0. The molecule has 2 aromatic carbocycles. The molecule has 1 amide bonds. The van der Waals surface area contributed by atoms with Gasteiger partial charge in [0.15, 0.2) is 0 Å². The number of rotatable bonds is 5. The van der Waals surface area contributed by atoms with Gasteiger partial charge in [-0.05, 0) is 35.7 Å². The smallest absolute Gasteiger partial charge is 0.220 e. The summed E-state index contributed by atoms with van der Waals surface area (Å²) in [6.07, 6.45) is 0.879. The van der Waals surface area contributed by atoms with E-state index >= 15 is 0 Å². The van der Waals surface area contributed by atoms with E-state index in [2.05, 4.69) is 5.32 Å². The molecule has 0 radical (unpaired) electrons. The molecule has 0 unspecified atom stereocenters. The number of aromatic hydroxyl groups is 1. The normalized spacial score (nSPS) is 10.2. The van der Waals surface area contributed by atoms with Gasteiger partial charge in [-0.3, -0.25) is 4.79 Å². The van der Waals surface area contributed by atoms with Crippen LogP contribution in [0.5, 0.6) is 5.75 Å². The minimum absolute atomic E-state index is 0.0387. The van der Waals surface area contributed by atoms with Gasteiger partial charge in [0.2, 0.25) is 5.91 Å². The van der Waals surface area contributed by atoms with Crippen molar-refractivity contribution in [3.8, 4) is 5.75 Å². The summed E-state index contributed by atoms with van der Waals surface area (Å²) in [5, 5.41) is 13.1. The Morgan fingerprint density at radius 3 is 2.50 bits per heavy atom. The van der Waals surface area contributed by atoms with Gasteiger partial charge in [0.05, 0.1) is 0 Å². The van der Waals surface area contributed by atoms with Gasteiger partial charge in [-0.25, -0.2) is 0 Å². The minimum Gasteiger partial charge on any atom is -0.508 e. The van der Waals surface area contributed by atoms with Crippen LogP contribution in [0.3, 0.4) is 0 Å². The average molecular weight is 290 g/mol. The van der Waals surface area contributed by atoms with E-state index in [4.69, 9.17) is 11.6 Å². The quantitative estimate of drug-likeness (QED) is 0.887. The van der Waals surface area contributed by atoms with E-state index < -0.39 is 0 Å². The van der Waals surface area contributed by atoms with Crippen LogP contribution >= 0.6 is 11.6 Å². The third-order valence-electron chi connectivity index (χ3n) is 3.02. The fraction of sp³-hybridized carbons (Fsp3) is 0.188. The molecule has 0 fully saturated rings. The lowest BCUT2D eigenvalue weighted by molar-refractivity contribution is -0.121. The highest BCUT2D eigenvalue weighted by molar-refractivity contribution is 6.30. The molecule has 0 aliphatic carbocycles. The van der Waals surface area contributed by atoms with Gasteiger partial charge in [0, 0.05) is 18.0 Å². The standard InChI is InChI=1S/C16H16ClNO2/c17-14-8-5-12(6-9-14)11-18-16(20)10-7-13-3-1-2-4-15(13)19/h1-6,8-9,19H,7,10-11H2,(H,18,20). The van der Waals surface area contributed by atoms with Crippen LogP contribution in [-0.2, 0) is 17.8 Å². The number of nitrogens with one attached hydrogen (secondary N) is 1. The van der Waals surface area contributed by atoms with Crippen molar-refractivity contribution in [2.45, 2.75) is 19.4 Å². The Labute approximate surface area is 123 Å². The van der Waals surface area contributed by atoms with E-state index in [1.54, 1.807) is 24.3 Å². The predicted molar refractivity (Wildman–Crippen MR) is 79.7 cm³/mol. The number of benzene rings is 2. The molecule has 0 aliphatic rings. The molecule has 2 aromatic rings. The summed E-state index contributed by atoms with van der Waals surface area (Å²) in [5.74, 6) is 0.196. The monoisotopic (exact) mass is 289 g/mol. The third-order valence-corrected chi connectivity index (χ3v) is 3.27. The van der Waals surface area contributed by atoms with Gasteiger partial charge < -0.3 is 10.4 Å². The van der Waals surface area contributed by atoms with E-state index in [0.717, 1.165) is 11.1 Å². The van der Waals surface area contributed by atoms with Gasteiger partial charge >= 0.3 is 0 Å². The minimum atomic E-state index is -0.0387. The molecular weight excluding hydrogens is 274 g/mol. The van der Waals surface area contributed by atoms with Crippen LogP contribution in [0.25, 0.3) is 0 Å². The maximum absolute atomic E-state index is 11.7. The van der Waals surface area contributed by atoms with E-state index in [0.29, 0.717) is 24.4 Å². The maximum atomic E-state index is 11.7. The van der Waals surface area contributed by atoms with Gasteiger partial charge in [-0.15, -0.1) is 0 Å². The van der Waals surface area contributed by atoms with Crippen LogP contribution in [0, 0.1) is 0 Å². The molecule has 104 valence electrons. The van der Waals surface area contributed by atoms with Crippen molar-refractivity contribution in [1.29, 1.82) is 0 Å². The molecule has 0 saturated heterocycles. The number of aryl methyl sites for hydroxylation is 1. The number of carbonyl (C=O) groups is 1. The number of halogens is 1. The zero-order chi connectivity index (χ0) is 14.4. The largest absolute Gasteiger partial charge is 0.508 e. The molecular formula is C16H16ClNO2. The first-order valence-electron chi connectivity index (χ1n) is 6.43. The lowest BCUT2D eigenvalue weighted by Crippen LogP contribution is -2.22. The second-order valence-electron chi connectivity index (χ2n) is 4.53. The van der Waals surface area contributed by atoms with Gasteiger partial charge in [-0.2, -0.15) is 0 Å². The van der Waals surface area contributed by atoms with Crippen LogP contribution in [0.1, 0.15) is 17.5 Å². The molecule has 0 aliphatic heterocycles. The number of hydrogen-bond acceptors (Lipinski definition) is 2. The molecule has 0 atom stereocenters. The van der Waals surface area contributed by atoms with E-state index in [-0.39, 0.29) is 11.7 Å². The van der Waals surface area contributed by atoms with E-state index in [1.165, 1.54) is 0 Å². The number of amides is 1. The Bertz CT molecular complexity index is 581. The van der Waals surface area contributed by atoms with Crippen LogP contribution in [0.4, 0.5) is 0 Å². The first kappa shape index (κ1) is 14.4. The first-order chi connectivity index (χ1) is 9.65. The summed E-state index contributed by atoms with van der Waals surface area (Å²) in [6, 6.07) is 14.4. The number of para-hydroxylation sites is 1. The van der Waals surface area contributed by atoms with Crippen molar-refractivity contribution >= 4 is 17.5 Å². The summed E-state index contributed by atoms with van der Waals surface area (Å²) in [7, 11) is 0. The van der Waals surface area contributed by atoms with Crippen LogP contribution in [0.15, 0.2) is 48.5 Å². The summed E-state index contributed by atoms with van der Waals surface area (Å²) in [6.45, 7) is 0.483. The fourth-order valence-corrected chi connectivity index (χ4v) is 1.99. The summed E-state index contributed by atoms with van der Waals surface area (Å²) in [5.41, 5.74) is 1.79. The number of hydrogen-bond donors (Lipinski definition) is 2. The van der Waals surface area contributed by atoms with Crippen LogP contribution in [0.2, 0.25) is 5.02 Å². The Morgan fingerprint density at radius 1 is 1.10 bits per heavy atom. The highest BCUT2D eigenvalue weighted by Crippen LogP contribution is 2.17. The van der Waals surface area contributed by atoms with Crippen molar-refractivity contribution in [3.63, 3.8) is 0 Å². The topological polar surface area (TPSA) is 49.3 Å². The second kappa shape index (κ2) is 6.96. The summed E-state index contributed by atoms with van der Waals surface area (Å²) >= 11 is 5.80. The maximum Gasteiger partial charge on any atom is 0.220 e. The Morgan fingerprint density at radius 2 is 1.80 bits per heavy atom. The number of phenols is 1. The zero-order valence-corrected chi connectivity index (χ0v) is 11.7. The molecule has 3 nitrogen and oxygen atoms in total. The first-order valence-corrected chi connectivity index (χ1v) is 6.81. The fourth-order valence-electron chi connectivity index (χ4n) is 1.86. The Hall–Kier alpha value is -2.00. The van der Waals surface area contributed by atoms with Crippen LogP contribution < -0.4 is 5.32 Å². The van der Waals surface area contributed by atoms with Crippen molar-refractivity contribution < 1.29 is 9.90 Å². The van der Waals surface area contributed by atoms with Crippen molar-refractivity contribution in [2.75, 3.05) is 0 Å². The average Bonchev–Trinajstić information content (AvgIpc) is 2.46.